The SMILES string of the molecule is Cc1cc(-c2ccccc2)nc(SCC(=O)Nc2sc3c(c2C(N)=O)CCCC3)n1. The first kappa shape index (κ1) is 20.6. The van der Waals surface area contributed by atoms with Gasteiger partial charge in [0.2, 0.25) is 5.91 Å². The summed E-state index contributed by atoms with van der Waals surface area (Å²) in [5.41, 5.74) is 9.76. The number of aromatic nitrogens is 2. The van der Waals surface area contributed by atoms with E-state index in [-0.39, 0.29) is 11.7 Å². The van der Waals surface area contributed by atoms with Gasteiger partial charge in [-0.25, -0.2) is 9.97 Å². The number of carbonyl (C=O) groups is 2. The van der Waals surface area contributed by atoms with Crippen LogP contribution in [0.5, 0.6) is 0 Å². The first-order chi connectivity index (χ1) is 14.5. The fourth-order valence-corrected chi connectivity index (χ4v) is 5.58. The summed E-state index contributed by atoms with van der Waals surface area (Å²) < 4.78 is 0. The minimum atomic E-state index is -0.480. The van der Waals surface area contributed by atoms with Crippen molar-refractivity contribution in [1.29, 1.82) is 0 Å². The Morgan fingerprint density at radius 2 is 1.93 bits per heavy atom. The number of nitrogens with two attached hydrogens (primary N) is 1. The summed E-state index contributed by atoms with van der Waals surface area (Å²) in [4.78, 5) is 34.7. The first-order valence-electron chi connectivity index (χ1n) is 9.79. The lowest BCUT2D eigenvalue weighted by molar-refractivity contribution is -0.113. The van der Waals surface area contributed by atoms with Gasteiger partial charge in [0.05, 0.1) is 17.0 Å². The Morgan fingerprint density at radius 1 is 1.17 bits per heavy atom. The molecular weight excluding hydrogens is 416 g/mol. The van der Waals surface area contributed by atoms with E-state index in [4.69, 9.17) is 5.73 Å². The highest BCUT2D eigenvalue weighted by molar-refractivity contribution is 7.99. The molecule has 3 N–H and O–H groups in total. The van der Waals surface area contributed by atoms with Crippen LogP contribution in [-0.4, -0.2) is 27.5 Å². The molecule has 0 atom stereocenters. The Morgan fingerprint density at radius 3 is 2.70 bits per heavy atom. The van der Waals surface area contributed by atoms with Crippen LogP contribution in [0.15, 0.2) is 41.6 Å². The van der Waals surface area contributed by atoms with Crippen molar-refractivity contribution < 1.29 is 9.59 Å². The molecule has 0 bridgehead atoms. The molecule has 6 nitrogen and oxygen atoms in total. The van der Waals surface area contributed by atoms with Gasteiger partial charge in [-0.2, -0.15) is 0 Å². The lowest BCUT2D eigenvalue weighted by atomic mass is 9.95. The average Bonchev–Trinajstić information content (AvgIpc) is 3.10. The van der Waals surface area contributed by atoms with Gasteiger partial charge in [-0.3, -0.25) is 9.59 Å². The number of hydrogen-bond donors (Lipinski definition) is 2. The van der Waals surface area contributed by atoms with Crippen LogP contribution in [0.3, 0.4) is 0 Å². The molecule has 0 radical (unpaired) electrons. The molecule has 0 saturated carbocycles. The number of aryl methyl sites for hydroxylation is 2. The summed E-state index contributed by atoms with van der Waals surface area (Å²) in [6, 6.07) is 11.8. The van der Waals surface area contributed by atoms with Crippen LogP contribution < -0.4 is 11.1 Å². The quantitative estimate of drug-likeness (QED) is 0.443. The average molecular weight is 439 g/mol. The van der Waals surface area contributed by atoms with Gasteiger partial charge in [-0.05, 0) is 44.2 Å². The highest BCUT2D eigenvalue weighted by atomic mass is 32.2. The zero-order chi connectivity index (χ0) is 21.1. The molecule has 2 heterocycles. The van der Waals surface area contributed by atoms with Crippen molar-refractivity contribution in [2.75, 3.05) is 11.1 Å². The zero-order valence-corrected chi connectivity index (χ0v) is 18.2. The maximum Gasteiger partial charge on any atom is 0.251 e. The van der Waals surface area contributed by atoms with Crippen molar-refractivity contribution in [3.05, 3.63) is 58.1 Å². The van der Waals surface area contributed by atoms with Crippen LogP contribution in [-0.2, 0) is 17.6 Å². The molecular formula is C22H22N4O2S2. The van der Waals surface area contributed by atoms with E-state index in [1.54, 1.807) is 0 Å². The molecule has 0 fully saturated rings. The van der Waals surface area contributed by atoms with Gasteiger partial charge < -0.3 is 11.1 Å². The number of benzene rings is 1. The highest BCUT2D eigenvalue weighted by Crippen LogP contribution is 2.38. The smallest absolute Gasteiger partial charge is 0.251 e. The maximum absolute atomic E-state index is 12.6. The summed E-state index contributed by atoms with van der Waals surface area (Å²) in [5, 5.41) is 3.99. The Kier molecular flexibility index (Phi) is 6.15. The number of hydrogen-bond acceptors (Lipinski definition) is 6. The van der Waals surface area contributed by atoms with Crippen LogP contribution in [0.25, 0.3) is 11.3 Å². The number of rotatable bonds is 6. The number of nitrogens with one attached hydrogen (secondary N) is 1. The number of amides is 2. The molecule has 154 valence electrons. The summed E-state index contributed by atoms with van der Waals surface area (Å²) in [6.07, 6.45) is 3.92. The molecule has 1 aromatic carbocycles. The van der Waals surface area contributed by atoms with E-state index in [9.17, 15) is 9.59 Å². The van der Waals surface area contributed by atoms with E-state index in [2.05, 4.69) is 15.3 Å². The van der Waals surface area contributed by atoms with Crippen molar-refractivity contribution in [3.63, 3.8) is 0 Å². The second-order valence-corrected chi connectivity index (χ2v) is 9.21. The fraction of sp³-hybridized carbons (Fsp3) is 0.273. The lowest BCUT2D eigenvalue weighted by Gasteiger charge is -2.11. The Bertz CT molecular complexity index is 1100. The predicted molar refractivity (Wildman–Crippen MR) is 121 cm³/mol. The first-order valence-corrected chi connectivity index (χ1v) is 11.6. The van der Waals surface area contributed by atoms with Crippen molar-refractivity contribution in [1.82, 2.24) is 9.97 Å². The Hall–Kier alpha value is -2.71. The van der Waals surface area contributed by atoms with E-state index >= 15 is 0 Å². The third-order valence-electron chi connectivity index (χ3n) is 4.91. The lowest BCUT2D eigenvalue weighted by Crippen LogP contribution is -2.19. The number of primary amides is 1. The number of anilines is 1. The number of nitrogens with zero attached hydrogens (tertiary/aromatic N) is 2. The topological polar surface area (TPSA) is 98.0 Å². The minimum Gasteiger partial charge on any atom is -0.365 e. The van der Waals surface area contributed by atoms with E-state index in [0.29, 0.717) is 15.7 Å². The Labute approximate surface area is 183 Å². The molecule has 0 saturated heterocycles. The summed E-state index contributed by atoms with van der Waals surface area (Å²) in [7, 11) is 0. The van der Waals surface area contributed by atoms with Crippen LogP contribution >= 0.6 is 23.1 Å². The Balaban J connectivity index is 1.47. The van der Waals surface area contributed by atoms with Gasteiger partial charge in [0.15, 0.2) is 5.16 Å². The van der Waals surface area contributed by atoms with Gasteiger partial charge in [0.1, 0.15) is 5.00 Å². The van der Waals surface area contributed by atoms with Crippen molar-refractivity contribution in [2.45, 2.75) is 37.8 Å². The molecule has 2 aromatic heterocycles. The van der Waals surface area contributed by atoms with Crippen LogP contribution in [0, 0.1) is 6.92 Å². The molecule has 8 heteroatoms. The largest absolute Gasteiger partial charge is 0.365 e. The number of thioether (sulfide) groups is 1. The monoisotopic (exact) mass is 438 g/mol. The number of carbonyl (C=O) groups excluding carboxylic acids is 2. The maximum atomic E-state index is 12.6. The molecule has 0 unspecified atom stereocenters. The van der Waals surface area contributed by atoms with Gasteiger partial charge in [0, 0.05) is 16.1 Å². The van der Waals surface area contributed by atoms with Gasteiger partial charge in [0.25, 0.3) is 5.91 Å². The molecule has 4 rings (SSSR count). The summed E-state index contributed by atoms with van der Waals surface area (Å²) >= 11 is 2.74. The third kappa shape index (κ3) is 4.55. The second kappa shape index (κ2) is 8.97. The van der Waals surface area contributed by atoms with Crippen LogP contribution in [0.4, 0.5) is 5.00 Å². The standard InChI is InChI=1S/C22H22N4O2S2/c1-13-11-16(14-7-3-2-4-8-14)25-22(24-13)29-12-18(27)26-21-19(20(23)28)15-9-5-6-10-17(15)30-21/h2-4,7-8,11H,5-6,9-10,12H2,1H3,(H2,23,28)(H,26,27). The van der Waals surface area contributed by atoms with E-state index in [1.165, 1.54) is 23.1 Å². The zero-order valence-electron chi connectivity index (χ0n) is 16.6. The van der Waals surface area contributed by atoms with Gasteiger partial charge >= 0.3 is 0 Å². The van der Waals surface area contributed by atoms with E-state index < -0.39 is 5.91 Å². The third-order valence-corrected chi connectivity index (χ3v) is 6.96. The van der Waals surface area contributed by atoms with Crippen LogP contribution in [0.2, 0.25) is 0 Å². The minimum absolute atomic E-state index is 0.151. The van der Waals surface area contributed by atoms with Crippen molar-refractivity contribution in [2.24, 2.45) is 5.73 Å². The van der Waals surface area contributed by atoms with Crippen molar-refractivity contribution in [3.8, 4) is 11.3 Å². The fourth-order valence-electron chi connectivity index (χ4n) is 3.57. The second-order valence-electron chi connectivity index (χ2n) is 7.16. The summed E-state index contributed by atoms with van der Waals surface area (Å²) in [5.74, 6) is -0.530. The molecule has 30 heavy (non-hydrogen) atoms. The molecule has 2 amide bonds. The number of thiophene rings is 1. The van der Waals surface area contributed by atoms with Gasteiger partial charge in [-0.15, -0.1) is 11.3 Å². The van der Waals surface area contributed by atoms with Gasteiger partial charge in [-0.1, -0.05) is 42.1 Å². The van der Waals surface area contributed by atoms with E-state index in [1.807, 2.05) is 43.3 Å². The highest BCUT2D eigenvalue weighted by Gasteiger charge is 2.25. The van der Waals surface area contributed by atoms with Crippen molar-refractivity contribution >= 4 is 39.9 Å². The molecule has 3 aromatic rings. The molecule has 1 aliphatic rings. The molecule has 1 aliphatic carbocycles. The molecule has 0 spiro atoms. The normalized spacial score (nSPS) is 13.0. The predicted octanol–water partition coefficient (Wildman–Crippen LogP) is 4.22. The van der Waals surface area contributed by atoms with Crippen LogP contribution in [0.1, 0.15) is 39.3 Å². The number of fused-ring (bicyclic) bond motifs is 1. The molecule has 0 aliphatic heterocycles. The summed E-state index contributed by atoms with van der Waals surface area (Å²) in [6.45, 7) is 1.91. The van der Waals surface area contributed by atoms with E-state index in [0.717, 1.165) is 53.1 Å².